The van der Waals surface area contributed by atoms with E-state index in [4.69, 9.17) is 0 Å². The number of unbranched alkanes of at least 4 members (excludes halogenated alkanes) is 1. The predicted molar refractivity (Wildman–Crippen MR) is 115 cm³/mol. The van der Waals surface area contributed by atoms with Crippen LogP contribution in [0.25, 0.3) is 0 Å². The highest BCUT2D eigenvalue weighted by atomic mass is 35.5. The molecule has 0 radical (unpaired) electrons. The Hall–Kier alpha value is -0.960. The summed E-state index contributed by atoms with van der Waals surface area (Å²) in [5, 5.41) is 0. The molecule has 0 N–H and O–H groups in total. The third-order valence-electron chi connectivity index (χ3n) is 5.89. The highest BCUT2D eigenvalue weighted by Crippen LogP contribution is 2.47. The average molecular weight is 388 g/mol. The molecule has 1 atom stereocenters. The molecule has 2 aliphatic heterocycles. The van der Waals surface area contributed by atoms with Gasteiger partial charge in [-0.2, -0.15) is 0 Å². The van der Waals surface area contributed by atoms with E-state index >= 15 is 0 Å². The second kappa shape index (κ2) is 9.30. The minimum absolute atomic E-state index is 0. The molecule has 2 aliphatic rings. The van der Waals surface area contributed by atoms with Crippen LogP contribution in [0.15, 0.2) is 58.3 Å². The molecule has 1 unspecified atom stereocenters. The van der Waals surface area contributed by atoms with Crippen LogP contribution in [0.5, 0.6) is 0 Å². The molecule has 1 fully saturated rings. The van der Waals surface area contributed by atoms with E-state index in [-0.39, 0.29) is 12.4 Å². The van der Waals surface area contributed by atoms with Crippen LogP contribution in [0.2, 0.25) is 0 Å². The summed E-state index contributed by atoms with van der Waals surface area (Å²) in [6.45, 7) is 2.61. The van der Waals surface area contributed by atoms with Crippen molar-refractivity contribution in [3.05, 3.63) is 59.7 Å². The number of halogens is 1. The van der Waals surface area contributed by atoms with E-state index in [1.165, 1.54) is 61.4 Å². The fraction of sp³-hybridized carbons (Fsp3) is 0.478. The quantitative estimate of drug-likeness (QED) is 0.531. The van der Waals surface area contributed by atoms with Gasteiger partial charge in [-0.3, -0.25) is 0 Å². The van der Waals surface area contributed by atoms with Gasteiger partial charge in [0.15, 0.2) is 0 Å². The maximum absolute atomic E-state index is 2.51. The minimum atomic E-state index is 0. The molecule has 1 saturated heterocycles. The Kier molecular flexibility index (Phi) is 7.08. The highest BCUT2D eigenvalue weighted by molar-refractivity contribution is 7.99. The molecule has 3 heteroatoms. The van der Waals surface area contributed by atoms with Crippen molar-refractivity contribution in [3.63, 3.8) is 0 Å². The molecule has 0 bridgehead atoms. The molecule has 1 nitrogen and oxygen atoms in total. The maximum Gasteiger partial charge on any atom is 0.0160 e. The number of nitrogens with zero attached hydrogens (tertiary/aromatic N) is 1. The maximum atomic E-state index is 2.51. The summed E-state index contributed by atoms with van der Waals surface area (Å²) < 4.78 is 0. The summed E-state index contributed by atoms with van der Waals surface area (Å²) in [7, 11) is 2.28. The summed E-state index contributed by atoms with van der Waals surface area (Å²) in [5.41, 5.74) is 3.09. The van der Waals surface area contributed by atoms with Gasteiger partial charge >= 0.3 is 0 Å². The van der Waals surface area contributed by atoms with Gasteiger partial charge in [-0.1, -0.05) is 61.0 Å². The number of likely N-dealkylation sites (tertiary alicyclic amines) is 1. The Bertz CT molecular complexity index is 671. The molecule has 140 valence electrons. The molecule has 0 spiro atoms. The smallest absolute Gasteiger partial charge is 0.0160 e. The highest BCUT2D eigenvalue weighted by Gasteiger charge is 2.25. The fourth-order valence-corrected chi connectivity index (χ4v) is 5.80. The third kappa shape index (κ3) is 4.47. The van der Waals surface area contributed by atoms with E-state index in [1.54, 1.807) is 11.1 Å². The fourth-order valence-electron chi connectivity index (χ4n) is 4.61. The Morgan fingerprint density at radius 1 is 0.923 bits per heavy atom. The molecule has 2 aromatic rings. The normalized spacial score (nSPS) is 20.1. The number of benzene rings is 2. The lowest BCUT2D eigenvalue weighted by Crippen LogP contribution is -2.31. The van der Waals surface area contributed by atoms with Gasteiger partial charge < -0.3 is 4.90 Å². The number of hydrogen-bond donors (Lipinski definition) is 0. The number of hydrogen-bond acceptors (Lipinski definition) is 2. The Labute approximate surface area is 169 Å². The van der Waals surface area contributed by atoms with Crippen molar-refractivity contribution in [2.24, 2.45) is 5.92 Å². The van der Waals surface area contributed by atoms with Crippen molar-refractivity contribution in [2.75, 3.05) is 20.1 Å². The Balaban J connectivity index is 0.00000196. The van der Waals surface area contributed by atoms with Gasteiger partial charge in [0.05, 0.1) is 0 Å². The zero-order chi connectivity index (χ0) is 17.1. The van der Waals surface area contributed by atoms with Crippen LogP contribution in [-0.2, 0) is 0 Å². The molecule has 2 heterocycles. The third-order valence-corrected chi connectivity index (χ3v) is 7.07. The molecule has 2 aromatic carbocycles. The molecular weight excluding hydrogens is 358 g/mol. The predicted octanol–water partition coefficient (Wildman–Crippen LogP) is 6.61. The first kappa shape index (κ1) is 19.8. The van der Waals surface area contributed by atoms with Crippen LogP contribution < -0.4 is 0 Å². The monoisotopic (exact) mass is 387 g/mol. The lowest BCUT2D eigenvalue weighted by atomic mass is 9.85. The summed E-state index contributed by atoms with van der Waals surface area (Å²) in [5.74, 6) is 1.52. The van der Waals surface area contributed by atoms with Crippen molar-refractivity contribution in [2.45, 2.75) is 54.2 Å². The number of fused-ring (bicyclic) bond motifs is 2. The van der Waals surface area contributed by atoms with E-state index in [1.807, 2.05) is 11.8 Å². The van der Waals surface area contributed by atoms with E-state index in [2.05, 4.69) is 60.5 Å². The van der Waals surface area contributed by atoms with Gasteiger partial charge in [0, 0.05) is 22.3 Å². The first-order valence-corrected chi connectivity index (χ1v) is 10.7. The number of piperidine rings is 1. The van der Waals surface area contributed by atoms with Crippen LogP contribution in [0.4, 0.5) is 0 Å². The first-order chi connectivity index (χ1) is 12.3. The lowest BCUT2D eigenvalue weighted by molar-refractivity contribution is 0.199. The number of rotatable bonds is 5. The standard InChI is InChI=1S/C23H29NS.ClH/c1-24-16-8-10-18(17-24)9-2-3-11-19-20-12-4-6-14-22(20)25-23-15-7-5-13-21(19)23;/h4-7,12-15,18-19H,2-3,8-11,16-17H2,1H3;1H. The molecule has 26 heavy (non-hydrogen) atoms. The van der Waals surface area contributed by atoms with Crippen molar-refractivity contribution in [3.8, 4) is 0 Å². The molecule has 0 aliphatic carbocycles. The van der Waals surface area contributed by atoms with Crippen molar-refractivity contribution < 1.29 is 0 Å². The van der Waals surface area contributed by atoms with E-state index in [9.17, 15) is 0 Å². The van der Waals surface area contributed by atoms with Gasteiger partial charge in [0.25, 0.3) is 0 Å². The van der Waals surface area contributed by atoms with Crippen molar-refractivity contribution >= 4 is 24.2 Å². The van der Waals surface area contributed by atoms with Gasteiger partial charge in [-0.15, -0.1) is 12.4 Å². The minimum Gasteiger partial charge on any atom is -0.306 e. The summed E-state index contributed by atoms with van der Waals surface area (Å²) in [4.78, 5) is 5.43. The molecule has 0 aromatic heterocycles. The average Bonchev–Trinajstić information content (AvgIpc) is 2.64. The van der Waals surface area contributed by atoms with E-state index in [0.29, 0.717) is 5.92 Å². The van der Waals surface area contributed by atoms with Gasteiger partial charge in [0.2, 0.25) is 0 Å². The summed E-state index contributed by atoms with van der Waals surface area (Å²) >= 11 is 1.94. The van der Waals surface area contributed by atoms with Crippen molar-refractivity contribution in [1.29, 1.82) is 0 Å². The molecular formula is C23H30ClNS. The Morgan fingerprint density at radius 3 is 2.19 bits per heavy atom. The zero-order valence-electron chi connectivity index (χ0n) is 15.7. The SMILES string of the molecule is CN1CCCC(CCCCC2c3ccccc3Sc3ccccc32)C1.Cl. The van der Waals surface area contributed by atoms with Crippen LogP contribution in [0.1, 0.15) is 55.6 Å². The van der Waals surface area contributed by atoms with Gasteiger partial charge in [-0.25, -0.2) is 0 Å². The molecule has 0 amide bonds. The second-order valence-electron chi connectivity index (χ2n) is 7.79. The summed E-state index contributed by atoms with van der Waals surface area (Å²) in [6.07, 6.45) is 8.26. The zero-order valence-corrected chi connectivity index (χ0v) is 17.3. The molecule has 4 rings (SSSR count). The first-order valence-electron chi connectivity index (χ1n) is 9.85. The lowest BCUT2D eigenvalue weighted by Gasteiger charge is -2.30. The van der Waals surface area contributed by atoms with Crippen molar-refractivity contribution in [1.82, 2.24) is 4.90 Å². The second-order valence-corrected chi connectivity index (χ2v) is 8.87. The van der Waals surface area contributed by atoms with E-state index in [0.717, 1.165) is 5.92 Å². The summed E-state index contributed by atoms with van der Waals surface area (Å²) in [6, 6.07) is 18.0. The topological polar surface area (TPSA) is 3.24 Å². The van der Waals surface area contributed by atoms with Crippen LogP contribution >= 0.6 is 24.2 Å². The molecule has 0 saturated carbocycles. The largest absolute Gasteiger partial charge is 0.306 e. The van der Waals surface area contributed by atoms with Crippen LogP contribution in [-0.4, -0.2) is 25.0 Å². The Morgan fingerprint density at radius 2 is 1.54 bits per heavy atom. The van der Waals surface area contributed by atoms with Crippen LogP contribution in [0, 0.1) is 5.92 Å². The van der Waals surface area contributed by atoms with Gasteiger partial charge in [-0.05, 0) is 68.5 Å². The van der Waals surface area contributed by atoms with Crippen LogP contribution in [0.3, 0.4) is 0 Å². The van der Waals surface area contributed by atoms with Gasteiger partial charge in [0.1, 0.15) is 0 Å². The van der Waals surface area contributed by atoms with E-state index < -0.39 is 0 Å².